The van der Waals surface area contributed by atoms with Crippen molar-refractivity contribution in [2.75, 3.05) is 6.54 Å². The number of aliphatic carboxylic acids is 1. The number of amides is 2. The molecule has 2 aliphatic rings. The fourth-order valence-electron chi connectivity index (χ4n) is 3.39. The number of nitrogens with zero attached hydrogens (tertiary/aromatic N) is 1. The number of aromatic nitrogens is 1. The van der Waals surface area contributed by atoms with Crippen molar-refractivity contribution in [3.63, 3.8) is 0 Å². The van der Waals surface area contributed by atoms with Crippen LogP contribution in [0.25, 0.3) is 0 Å². The molecule has 3 heterocycles. The number of aromatic amines is 1. The van der Waals surface area contributed by atoms with Crippen LogP contribution < -0.4 is 4.87 Å². The molecule has 3 atom stereocenters. The highest BCUT2D eigenvalue weighted by atomic mass is 79.9. The zero-order valence-electron chi connectivity index (χ0n) is 13.0. The van der Waals surface area contributed by atoms with Crippen LogP contribution in [0, 0.1) is 5.92 Å². The lowest BCUT2D eigenvalue weighted by Gasteiger charge is -2.29. The number of likely N-dealkylation sites (tertiary alicyclic amines) is 1. The molecule has 134 valence electrons. The molecule has 7 nitrogen and oxygen atoms in total. The molecule has 1 fully saturated rings. The second-order valence-corrected chi connectivity index (χ2v) is 9.04. The Balaban J connectivity index is 1.85. The van der Waals surface area contributed by atoms with Gasteiger partial charge in [-0.05, 0) is 17.7 Å². The summed E-state index contributed by atoms with van der Waals surface area (Å²) in [6.45, 7) is -0.650. The van der Waals surface area contributed by atoms with Crippen molar-refractivity contribution < 1.29 is 19.5 Å². The maximum Gasteiger partial charge on any atom is 0.323 e. The molecule has 2 N–H and O–H groups in total. The highest BCUT2D eigenvalue weighted by Gasteiger charge is 2.56. The van der Waals surface area contributed by atoms with Gasteiger partial charge in [0, 0.05) is 15.3 Å². The first kappa shape index (κ1) is 17.5. The van der Waals surface area contributed by atoms with Crippen molar-refractivity contribution in [1.82, 2.24) is 9.88 Å². The van der Waals surface area contributed by atoms with Gasteiger partial charge in [-0.1, -0.05) is 51.2 Å². The van der Waals surface area contributed by atoms with E-state index in [2.05, 4.69) is 20.9 Å². The smallest absolute Gasteiger partial charge is 0.323 e. The number of carboxylic acid groups (broad SMARTS) is 1. The summed E-state index contributed by atoms with van der Waals surface area (Å²) >= 11 is 5.52. The predicted molar refractivity (Wildman–Crippen MR) is 98.4 cm³/mol. The van der Waals surface area contributed by atoms with E-state index < -0.39 is 41.4 Å². The Morgan fingerprint density at radius 1 is 1.19 bits per heavy atom. The third-order valence-corrected chi connectivity index (χ3v) is 7.37. The molecular weight excluding hydrogens is 444 g/mol. The Labute approximate surface area is 163 Å². The first-order valence-corrected chi connectivity index (χ1v) is 10.1. The van der Waals surface area contributed by atoms with E-state index in [4.69, 9.17) is 5.11 Å². The number of fused-ring (bicyclic) bond motifs is 2. The quantitative estimate of drug-likeness (QED) is 0.685. The number of carboxylic acids is 1. The van der Waals surface area contributed by atoms with E-state index in [1.54, 1.807) is 0 Å². The monoisotopic (exact) mass is 454 g/mol. The average molecular weight is 455 g/mol. The lowest BCUT2D eigenvalue weighted by molar-refractivity contribution is -0.149. The number of halogens is 1. The van der Waals surface area contributed by atoms with Crippen LogP contribution in [-0.2, 0) is 14.4 Å². The van der Waals surface area contributed by atoms with Crippen LogP contribution in [0.1, 0.15) is 16.4 Å². The van der Waals surface area contributed by atoms with Gasteiger partial charge in [-0.15, -0.1) is 0 Å². The fraction of sp³-hybridized carbons (Fsp3) is 0.250. The van der Waals surface area contributed by atoms with E-state index >= 15 is 0 Å². The predicted octanol–water partition coefficient (Wildman–Crippen LogP) is 1.87. The Bertz CT molecular complexity index is 983. The van der Waals surface area contributed by atoms with Gasteiger partial charge >= 0.3 is 10.8 Å². The molecule has 1 aromatic heterocycles. The van der Waals surface area contributed by atoms with Crippen LogP contribution in [0.4, 0.5) is 0 Å². The van der Waals surface area contributed by atoms with Crippen molar-refractivity contribution >= 4 is 56.8 Å². The third-order valence-electron chi connectivity index (χ3n) is 4.44. The summed E-state index contributed by atoms with van der Waals surface area (Å²) in [5, 5.41) is 8.86. The Kier molecular flexibility index (Phi) is 4.28. The lowest BCUT2D eigenvalue weighted by atomic mass is 9.83. The maximum absolute atomic E-state index is 12.9. The molecule has 2 aromatic rings. The topological polar surface area (TPSA) is 108 Å². The number of hydrogen-bond donors (Lipinski definition) is 2. The zero-order valence-corrected chi connectivity index (χ0v) is 16.2. The summed E-state index contributed by atoms with van der Waals surface area (Å²) in [5.74, 6) is -3.46. The molecule has 0 aliphatic carbocycles. The lowest BCUT2D eigenvalue weighted by Crippen LogP contribution is -2.36. The van der Waals surface area contributed by atoms with E-state index in [1.165, 1.54) is 0 Å². The van der Waals surface area contributed by atoms with Gasteiger partial charge in [0.2, 0.25) is 11.8 Å². The minimum atomic E-state index is -1.24. The van der Waals surface area contributed by atoms with Crippen LogP contribution in [0.2, 0.25) is 0 Å². The number of imide groups is 1. The number of hydrogen-bond acceptors (Lipinski definition) is 6. The summed E-state index contributed by atoms with van der Waals surface area (Å²) < 4.78 is 0.867. The van der Waals surface area contributed by atoms with E-state index in [0.29, 0.717) is 9.90 Å². The average Bonchev–Trinajstić information content (AvgIpc) is 3.06. The maximum atomic E-state index is 12.9. The molecule has 4 rings (SSSR count). The standard InChI is InChI=1S/C16H11BrN2O5S2/c17-7-3-1-6(2-4-7)9-10-12(25-13-11(9)26-16(24)18-13)15(23)19(14(10)22)5-8(20)21/h1-4,9-10,12H,5H2,(H,18,24)(H,20,21)/t9-,10?,12?/m1/s1. The largest absolute Gasteiger partial charge is 0.480 e. The third kappa shape index (κ3) is 2.72. The normalized spacial score (nSPS) is 24.5. The fourth-order valence-corrected chi connectivity index (χ4v) is 6.20. The first-order chi connectivity index (χ1) is 12.4. The molecule has 2 unspecified atom stereocenters. The molecule has 0 bridgehead atoms. The van der Waals surface area contributed by atoms with Crippen LogP contribution in [0.15, 0.2) is 38.6 Å². The molecule has 10 heteroatoms. The Hall–Kier alpha value is -1.91. The number of thioether (sulfide) groups is 1. The van der Waals surface area contributed by atoms with Gasteiger partial charge in [0.25, 0.3) is 0 Å². The van der Waals surface area contributed by atoms with E-state index in [1.807, 2.05) is 24.3 Å². The number of nitrogens with one attached hydrogen (secondary N) is 1. The second-order valence-electron chi connectivity index (χ2n) is 5.96. The minimum absolute atomic E-state index is 0.244. The Morgan fingerprint density at radius 3 is 2.54 bits per heavy atom. The number of rotatable bonds is 3. The number of benzene rings is 1. The molecule has 0 saturated carbocycles. The summed E-state index contributed by atoms with van der Waals surface area (Å²) in [4.78, 5) is 52.5. The van der Waals surface area contributed by atoms with Crippen LogP contribution in [-0.4, -0.2) is 44.6 Å². The van der Waals surface area contributed by atoms with Crippen LogP contribution in [0.3, 0.4) is 0 Å². The summed E-state index contributed by atoms with van der Waals surface area (Å²) in [7, 11) is 0. The van der Waals surface area contributed by atoms with Gasteiger partial charge in [0.1, 0.15) is 11.8 Å². The van der Waals surface area contributed by atoms with Crippen molar-refractivity contribution in [2.24, 2.45) is 5.92 Å². The number of carbonyl (C=O) groups is 3. The van der Waals surface area contributed by atoms with E-state index in [-0.39, 0.29) is 4.87 Å². The van der Waals surface area contributed by atoms with Crippen molar-refractivity contribution in [2.45, 2.75) is 16.2 Å². The van der Waals surface area contributed by atoms with Gasteiger partial charge in [-0.25, -0.2) is 0 Å². The van der Waals surface area contributed by atoms with Gasteiger partial charge in [-0.3, -0.25) is 24.1 Å². The van der Waals surface area contributed by atoms with E-state index in [9.17, 15) is 19.2 Å². The molecule has 1 saturated heterocycles. The highest BCUT2D eigenvalue weighted by molar-refractivity contribution is 9.10. The molecule has 26 heavy (non-hydrogen) atoms. The van der Waals surface area contributed by atoms with Crippen LogP contribution in [0.5, 0.6) is 0 Å². The zero-order chi connectivity index (χ0) is 18.6. The summed E-state index contributed by atoms with van der Waals surface area (Å²) in [5.41, 5.74) is 0.804. The highest BCUT2D eigenvalue weighted by Crippen LogP contribution is 2.52. The van der Waals surface area contributed by atoms with Crippen LogP contribution >= 0.6 is 39.0 Å². The Morgan fingerprint density at radius 2 is 1.88 bits per heavy atom. The number of carbonyl (C=O) groups excluding carboxylic acids is 2. The second kappa shape index (κ2) is 6.36. The molecule has 2 aliphatic heterocycles. The van der Waals surface area contributed by atoms with Crippen molar-refractivity contribution in [1.29, 1.82) is 0 Å². The van der Waals surface area contributed by atoms with Gasteiger partial charge < -0.3 is 10.1 Å². The molecule has 0 spiro atoms. The summed E-state index contributed by atoms with van der Waals surface area (Å²) in [6, 6.07) is 7.34. The van der Waals surface area contributed by atoms with E-state index in [0.717, 1.165) is 38.0 Å². The number of H-pyrrole nitrogens is 1. The molecule has 1 aromatic carbocycles. The molecule has 2 amide bonds. The summed E-state index contributed by atoms with van der Waals surface area (Å²) in [6.07, 6.45) is 0. The van der Waals surface area contributed by atoms with Gasteiger partial charge in [0.05, 0.1) is 10.9 Å². The van der Waals surface area contributed by atoms with Gasteiger partial charge in [0.15, 0.2) is 0 Å². The van der Waals surface area contributed by atoms with Crippen molar-refractivity contribution in [3.05, 3.63) is 48.8 Å². The van der Waals surface area contributed by atoms with Crippen molar-refractivity contribution in [3.8, 4) is 0 Å². The van der Waals surface area contributed by atoms with Gasteiger partial charge in [-0.2, -0.15) is 0 Å². The first-order valence-electron chi connectivity index (χ1n) is 7.59. The number of thiazole rings is 1. The minimum Gasteiger partial charge on any atom is -0.480 e. The molecule has 0 radical (unpaired) electrons. The SMILES string of the molecule is O=C(O)CN1C(=O)C2Sc3[nH]c(=O)sc3[C@H](c3ccc(Br)cc3)C2C1=O. The molecular formula is C16H11BrN2O5S2.